The lowest BCUT2D eigenvalue weighted by atomic mass is 10.1. The van der Waals surface area contributed by atoms with Gasteiger partial charge in [0.1, 0.15) is 5.75 Å². The van der Waals surface area contributed by atoms with Crippen molar-refractivity contribution in [2.45, 2.75) is 46.1 Å². The summed E-state index contributed by atoms with van der Waals surface area (Å²) in [5.74, 6) is -0.150. The summed E-state index contributed by atoms with van der Waals surface area (Å²) in [6.45, 7) is 5.98. The lowest BCUT2D eigenvalue weighted by Crippen LogP contribution is -2.26. The van der Waals surface area contributed by atoms with Crippen molar-refractivity contribution in [2.75, 3.05) is 11.9 Å². The molecular formula is C22H26ClNO4. The van der Waals surface area contributed by atoms with Gasteiger partial charge < -0.3 is 14.8 Å². The van der Waals surface area contributed by atoms with Gasteiger partial charge in [0.25, 0.3) is 5.91 Å². The van der Waals surface area contributed by atoms with Gasteiger partial charge in [-0.3, -0.25) is 4.79 Å². The van der Waals surface area contributed by atoms with E-state index in [4.69, 9.17) is 21.1 Å². The highest BCUT2D eigenvalue weighted by molar-refractivity contribution is 6.31. The molecule has 2 aromatic rings. The third kappa shape index (κ3) is 6.27. The first-order valence-corrected chi connectivity index (χ1v) is 9.80. The van der Waals surface area contributed by atoms with Gasteiger partial charge in [0.15, 0.2) is 6.10 Å². The highest BCUT2D eigenvalue weighted by atomic mass is 35.5. The van der Waals surface area contributed by atoms with E-state index >= 15 is 0 Å². The lowest BCUT2D eigenvalue weighted by molar-refractivity contribution is -0.151. The Morgan fingerprint density at radius 1 is 1.11 bits per heavy atom. The molecule has 0 radical (unpaired) electrons. The zero-order valence-corrected chi connectivity index (χ0v) is 17.2. The van der Waals surface area contributed by atoms with Crippen LogP contribution in [-0.2, 0) is 9.53 Å². The van der Waals surface area contributed by atoms with Gasteiger partial charge in [0.2, 0.25) is 0 Å². The molecular weight excluding hydrogens is 378 g/mol. The summed E-state index contributed by atoms with van der Waals surface area (Å²) in [5, 5.41) is 3.44. The topological polar surface area (TPSA) is 64.6 Å². The van der Waals surface area contributed by atoms with Gasteiger partial charge >= 0.3 is 5.97 Å². The van der Waals surface area contributed by atoms with Crippen molar-refractivity contribution >= 4 is 29.2 Å². The highest BCUT2D eigenvalue weighted by Crippen LogP contribution is 2.24. The zero-order chi connectivity index (χ0) is 20.5. The number of hydrogen-bond acceptors (Lipinski definition) is 4. The number of rotatable bonds is 9. The van der Waals surface area contributed by atoms with E-state index in [1.165, 1.54) is 0 Å². The van der Waals surface area contributed by atoms with Crippen LogP contribution >= 0.6 is 11.6 Å². The van der Waals surface area contributed by atoms with Gasteiger partial charge in [-0.05, 0) is 62.2 Å². The number of unbranched alkanes of at least 4 members (excludes halogenated alkanes) is 2. The van der Waals surface area contributed by atoms with Crippen molar-refractivity contribution in [3.63, 3.8) is 0 Å². The molecule has 1 N–H and O–H groups in total. The van der Waals surface area contributed by atoms with Crippen molar-refractivity contribution in [3.8, 4) is 5.75 Å². The van der Waals surface area contributed by atoms with Crippen LogP contribution in [0.5, 0.6) is 5.75 Å². The van der Waals surface area contributed by atoms with E-state index in [2.05, 4.69) is 12.2 Å². The number of hydrogen-bond donors (Lipinski definition) is 1. The number of ether oxygens (including phenoxy) is 2. The number of anilines is 1. The number of amides is 1. The largest absolute Gasteiger partial charge is 0.479 e. The van der Waals surface area contributed by atoms with Gasteiger partial charge in [0.05, 0.1) is 6.61 Å². The Bertz CT molecular complexity index is 805. The molecule has 2 rings (SSSR count). The van der Waals surface area contributed by atoms with Crippen LogP contribution in [0.3, 0.4) is 0 Å². The molecule has 0 saturated carbocycles. The maximum Gasteiger partial charge on any atom is 0.347 e. The lowest BCUT2D eigenvalue weighted by Gasteiger charge is -2.14. The van der Waals surface area contributed by atoms with Crippen LogP contribution in [0, 0.1) is 6.92 Å². The molecule has 1 amide bonds. The molecule has 6 heteroatoms. The van der Waals surface area contributed by atoms with E-state index in [1.54, 1.807) is 49.4 Å². The molecule has 0 spiro atoms. The number of carbonyl (C=O) groups excluding carboxylic acids is 2. The van der Waals surface area contributed by atoms with Crippen molar-refractivity contribution in [1.82, 2.24) is 0 Å². The van der Waals surface area contributed by atoms with Crippen LogP contribution in [-0.4, -0.2) is 24.6 Å². The predicted octanol–water partition coefficient (Wildman–Crippen LogP) is 5.40. The summed E-state index contributed by atoms with van der Waals surface area (Å²) < 4.78 is 10.8. The summed E-state index contributed by atoms with van der Waals surface area (Å²) in [6, 6.07) is 11.9. The van der Waals surface area contributed by atoms with Gasteiger partial charge in [-0.1, -0.05) is 37.4 Å². The minimum Gasteiger partial charge on any atom is -0.479 e. The van der Waals surface area contributed by atoms with Crippen LogP contribution in [0.25, 0.3) is 0 Å². The average molecular weight is 404 g/mol. The molecule has 0 unspecified atom stereocenters. The standard InChI is InChI=1S/C22H26ClNO4/c1-4-5-6-14-27-22(26)16(3)28-18-12-10-17(11-13-18)21(25)24-20-9-7-8-19(23)15(20)2/h7-13,16H,4-6,14H2,1-3H3,(H,24,25)/t16-/m0/s1. The molecule has 0 aliphatic heterocycles. The van der Waals surface area contributed by atoms with Crippen LogP contribution in [0.4, 0.5) is 5.69 Å². The minimum absolute atomic E-state index is 0.250. The second-order valence-electron chi connectivity index (χ2n) is 6.53. The second kappa shape index (κ2) is 10.7. The first-order valence-electron chi connectivity index (χ1n) is 9.42. The number of nitrogens with one attached hydrogen (secondary N) is 1. The maximum absolute atomic E-state index is 12.4. The summed E-state index contributed by atoms with van der Waals surface area (Å²) in [5.41, 5.74) is 1.95. The molecule has 0 bridgehead atoms. The molecule has 0 heterocycles. The third-order valence-corrected chi connectivity index (χ3v) is 4.68. The fraction of sp³-hybridized carbons (Fsp3) is 0.364. The summed E-state index contributed by atoms with van der Waals surface area (Å²) in [6.07, 6.45) is 2.24. The van der Waals surface area contributed by atoms with E-state index in [9.17, 15) is 9.59 Å². The minimum atomic E-state index is -0.713. The molecule has 0 saturated heterocycles. The maximum atomic E-state index is 12.4. The molecule has 28 heavy (non-hydrogen) atoms. The van der Waals surface area contributed by atoms with Crippen molar-refractivity contribution < 1.29 is 19.1 Å². The van der Waals surface area contributed by atoms with Gasteiger partial charge in [-0.25, -0.2) is 4.79 Å². The Balaban J connectivity index is 1.91. The van der Waals surface area contributed by atoms with Crippen LogP contribution in [0.15, 0.2) is 42.5 Å². The fourth-order valence-corrected chi connectivity index (χ4v) is 2.69. The number of esters is 1. The first-order chi connectivity index (χ1) is 13.4. The van der Waals surface area contributed by atoms with Gasteiger partial charge in [0, 0.05) is 16.3 Å². The molecule has 150 valence electrons. The quantitative estimate of drug-likeness (QED) is 0.449. The molecule has 0 aromatic heterocycles. The highest BCUT2D eigenvalue weighted by Gasteiger charge is 2.16. The molecule has 0 aliphatic rings. The van der Waals surface area contributed by atoms with Gasteiger partial charge in [-0.2, -0.15) is 0 Å². The summed E-state index contributed by atoms with van der Waals surface area (Å²) in [7, 11) is 0. The van der Waals surface area contributed by atoms with Crippen LogP contribution in [0.1, 0.15) is 49.0 Å². The molecule has 0 fully saturated rings. The molecule has 5 nitrogen and oxygen atoms in total. The second-order valence-corrected chi connectivity index (χ2v) is 6.93. The Hall–Kier alpha value is -2.53. The Labute approximate surface area is 171 Å². The normalized spacial score (nSPS) is 11.6. The molecule has 2 aromatic carbocycles. The fourth-order valence-electron chi connectivity index (χ4n) is 2.52. The van der Waals surface area contributed by atoms with E-state index in [0.717, 1.165) is 24.8 Å². The van der Waals surface area contributed by atoms with Crippen LogP contribution < -0.4 is 10.1 Å². The first kappa shape index (κ1) is 21.8. The summed E-state index contributed by atoms with van der Waals surface area (Å²) >= 11 is 6.08. The Morgan fingerprint density at radius 2 is 1.82 bits per heavy atom. The Kier molecular flexibility index (Phi) is 8.33. The third-order valence-electron chi connectivity index (χ3n) is 4.27. The Morgan fingerprint density at radius 3 is 2.50 bits per heavy atom. The van der Waals surface area contributed by atoms with E-state index in [-0.39, 0.29) is 5.91 Å². The zero-order valence-electron chi connectivity index (χ0n) is 16.5. The van der Waals surface area contributed by atoms with Crippen molar-refractivity contribution in [3.05, 3.63) is 58.6 Å². The predicted molar refractivity (Wildman–Crippen MR) is 111 cm³/mol. The SMILES string of the molecule is CCCCCOC(=O)[C@H](C)Oc1ccc(C(=O)Nc2cccc(Cl)c2C)cc1. The monoisotopic (exact) mass is 403 g/mol. The van der Waals surface area contributed by atoms with E-state index < -0.39 is 12.1 Å². The number of benzene rings is 2. The smallest absolute Gasteiger partial charge is 0.347 e. The van der Waals surface area contributed by atoms with Crippen molar-refractivity contribution in [1.29, 1.82) is 0 Å². The van der Waals surface area contributed by atoms with Gasteiger partial charge in [-0.15, -0.1) is 0 Å². The van der Waals surface area contributed by atoms with Crippen LogP contribution in [0.2, 0.25) is 5.02 Å². The molecule has 1 atom stereocenters. The van der Waals surface area contributed by atoms with E-state index in [0.29, 0.717) is 28.6 Å². The number of halogens is 1. The van der Waals surface area contributed by atoms with E-state index in [1.807, 2.05) is 6.92 Å². The molecule has 0 aliphatic carbocycles. The summed E-state index contributed by atoms with van der Waals surface area (Å²) in [4.78, 5) is 24.3. The van der Waals surface area contributed by atoms with Crippen molar-refractivity contribution in [2.24, 2.45) is 0 Å². The number of carbonyl (C=O) groups is 2. The average Bonchev–Trinajstić information content (AvgIpc) is 2.69.